The van der Waals surface area contributed by atoms with Crippen molar-refractivity contribution < 1.29 is 5.11 Å². The third-order valence-corrected chi connectivity index (χ3v) is 7.17. The first-order valence-corrected chi connectivity index (χ1v) is 11.5. The Balaban J connectivity index is 0.00000245. The molecule has 9 heteroatoms. The summed E-state index contributed by atoms with van der Waals surface area (Å²) < 4.78 is 2.17. The van der Waals surface area contributed by atoms with Gasteiger partial charge in [-0.1, -0.05) is 53.5 Å². The van der Waals surface area contributed by atoms with Crippen molar-refractivity contribution >= 4 is 41.3 Å². The zero-order valence-electron chi connectivity index (χ0n) is 17.6. The predicted octanol–water partition coefficient (Wildman–Crippen LogP) is 4.86. The van der Waals surface area contributed by atoms with Crippen LogP contribution in [0.2, 0.25) is 10.0 Å². The second-order valence-corrected chi connectivity index (χ2v) is 9.23. The van der Waals surface area contributed by atoms with E-state index in [0.29, 0.717) is 16.6 Å². The van der Waals surface area contributed by atoms with Crippen LogP contribution in [0.15, 0.2) is 42.7 Å². The molecule has 0 spiro atoms. The SMILES string of the molecule is Cl.OCCn1c(C2CCN(c3c(Cl)cncc3Cl)CC2)nnc1C1(c2ccccc2)CC1. The number of benzene rings is 1. The van der Waals surface area contributed by atoms with Gasteiger partial charge < -0.3 is 14.6 Å². The van der Waals surface area contributed by atoms with Crippen molar-refractivity contribution in [1.82, 2.24) is 19.7 Å². The van der Waals surface area contributed by atoms with Crippen LogP contribution >= 0.6 is 35.6 Å². The Bertz CT molecular complexity index is 1040. The number of pyridine rings is 1. The molecule has 0 atom stereocenters. The van der Waals surface area contributed by atoms with Gasteiger partial charge in [-0.05, 0) is 31.2 Å². The minimum atomic E-state index is -0.0690. The van der Waals surface area contributed by atoms with Gasteiger partial charge in [0.25, 0.3) is 0 Å². The molecule has 170 valence electrons. The first-order chi connectivity index (χ1) is 15.1. The normalized spacial score (nSPS) is 17.8. The molecule has 1 aliphatic carbocycles. The highest BCUT2D eigenvalue weighted by atomic mass is 35.5. The van der Waals surface area contributed by atoms with Crippen molar-refractivity contribution in [3.05, 3.63) is 70.0 Å². The first kappa shape index (κ1) is 23.3. The maximum absolute atomic E-state index is 9.77. The largest absolute Gasteiger partial charge is 0.395 e. The number of aromatic nitrogens is 4. The average Bonchev–Trinajstić information content (AvgIpc) is 3.49. The highest BCUT2D eigenvalue weighted by Gasteiger charge is 2.50. The number of halogens is 3. The van der Waals surface area contributed by atoms with Gasteiger partial charge in [0, 0.05) is 37.9 Å². The zero-order valence-corrected chi connectivity index (χ0v) is 20.0. The predicted molar refractivity (Wildman–Crippen MR) is 129 cm³/mol. The van der Waals surface area contributed by atoms with Gasteiger partial charge in [-0.2, -0.15) is 0 Å². The van der Waals surface area contributed by atoms with E-state index in [1.165, 1.54) is 5.56 Å². The molecule has 1 N–H and O–H groups in total. The van der Waals surface area contributed by atoms with E-state index in [2.05, 4.69) is 48.9 Å². The molecule has 0 radical (unpaired) electrons. The molecule has 3 aromatic rings. The summed E-state index contributed by atoms with van der Waals surface area (Å²) in [5, 5.41) is 20.2. The summed E-state index contributed by atoms with van der Waals surface area (Å²) in [5.74, 6) is 2.26. The van der Waals surface area contributed by atoms with E-state index in [9.17, 15) is 5.11 Å². The fraction of sp³-hybridized carbons (Fsp3) is 0.435. The first-order valence-electron chi connectivity index (χ1n) is 10.8. The molecule has 0 amide bonds. The number of aliphatic hydroxyl groups excluding tert-OH is 1. The van der Waals surface area contributed by atoms with Gasteiger partial charge in [-0.15, -0.1) is 22.6 Å². The van der Waals surface area contributed by atoms with E-state index in [-0.39, 0.29) is 30.3 Å². The second-order valence-electron chi connectivity index (χ2n) is 8.42. The monoisotopic (exact) mass is 493 g/mol. The summed E-state index contributed by atoms with van der Waals surface area (Å²) in [6.07, 6.45) is 7.26. The maximum Gasteiger partial charge on any atom is 0.143 e. The van der Waals surface area contributed by atoms with Crippen LogP contribution in [0, 0.1) is 0 Å². The van der Waals surface area contributed by atoms with E-state index in [4.69, 9.17) is 23.2 Å². The summed E-state index contributed by atoms with van der Waals surface area (Å²) >= 11 is 12.7. The fourth-order valence-corrected chi connectivity index (χ4v) is 5.49. The molecule has 1 aromatic carbocycles. The third-order valence-electron chi connectivity index (χ3n) is 6.61. The molecule has 32 heavy (non-hydrogen) atoms. The minimum Gasteiger partial charge on any atom is -0.395 e. The summed E-state index contributed by atoms with van der Waals surface area (Å²) in [6, 6.07) is 10.5. The lowest BCUT2D eigenvalue weighted by Crippen LogP contribution is -2.34. The van der Waals surface area contributed by atoms with Crippen molar-refractivity contribution in [3.63, 3.8) is 0 Å². The van der Waals surface area contributed by atoms with Gasteiger partial charge in [-0.3, -0.25) is 4.98 Å². The number of hydrogen-bond acceptors (Lipinski definition) is 5. The highest BCUT2D eigenvalue weighted by Crippen LogP contribution is 2.53. The Morgan fingerprint density at radius 2 is 1.66 bits per heavy atom. The number of hydrogen-bond donors (Lipinski definition) is 1. The van der Waals surface area contributed by atoms with Crippen LogP contribution in [0.25, 0.3) is 0 Å². The molecule has 1 saturated carbocycles. The van der Waals surface area contributed by atoms with Crippen molar-refractivity contribution in [2.45, 2.75) is 43.6 Å². The molecule has 1 saturated heterocycles. The number of rotatable bonds is 6. The fourth-order valence-electron chi connectivity index (χ4n) is 4.88. The van der Waals surface area contributed by atoms with Crippen molar-refractivity contribution in [1.29, 1.82) is 0 Å². The number of piperidine rings is 1. The van der Waals surface area contributed by atoms with Crippen LogP contribution < -0.4 is 4.90 Å². The molecule has 2 fully saturated rings. The van der Waals surface area contributed by atoms with Crippen LogP contribution in [0.3, 0.4) is 0 Å². The molecule has 2 aromatic heterocycles. The Morgan fingerprint density at radius 1 is 1.00 bits per heavy atom. The molecule has 1 aliphatic heterocycles. The Morgan fingerprint density at radius 3 is 2.25 bits per heavy atom. The number of aliphatic hydroxyl groups is 1. The molecule has 3 heterocycles. The number of nitrogens with zero attached hydrogens (tertiary/aromatic N) is 5. The summed E-state index contributed by atoms with van der Waals surface area (Å²) in [6.45, 7) is 2.26. The molecular weight excluding hydrogens is 469 g/mol. The maximum atomic E-state index is 9.77. The van der Waals surface area contributed by atoms with E-state index in [1.807, 2.05) is 6.07 Å². The molecule has 0 bridgehead atoms. The Kier molecular flexibility index (Phi) is 6.96. The van der Waals surface area contributed by atoms with Crippen molar-refractivity contribution in [3.8, 4) is 0 Å². The molecule has 2 aliphatic rings. The summed E-state index contributed by atoms with van der Waals surface area (Å²) in [4.78, 5) is 6.28. The van der Waals surface area contributed by atoms with Crippen molar-refractivity contribution in [2.75, 3.05) is 24.6 Å². The smallest absolute Gasteiger partial charge is 0.143 e. The minimum absolute atomic E-state index is 0. The Labute approximate surface area is 204 Å². The zero-order chi connectivity index (χ0) is 21.4. The van der Waals surface area contributed by atoms with Crippen LogP contribution in [0.4, 0.5) is 5.69 Å². The van der Waals surface area contributed by atoms with Crippen LogP contribution in [0.5, 0.6) is 0 Å². The van der Waals surface area contributed by atoms with E-state index >= 15 is 0 Å². The van der Waals surface area contributed by atoms with E-state index < -0.39 is 0 Å². The summed E-state index contributed by atoms with van der Waals surface area (Å²) in [7, 11) is 0. The second kappa shape index (κ2) is 9.56. The van der Waals surface area contributed by atoms with Crippen molar-refractivity contribution in [2.24, 2.45) is 0 Å². The lowest BCUT2D eigenvalue weighted by Gasteiger charge is -2.34. The topological polar surface area (TPSA) is 67.1 Å². The van der Waals surface area contributed by atoms with Crippen LogP contribution in [-0.2, 0) is 12.0 Å². The lowest BCUT2D eigenvalue weighted by molar-refractivity contribution is 0.269. The van der Waals surface area contributed by atoms with Gasteiger partial charge in [0.15, 0.2) is 0 Å². The molecule has 6 nitrogen and oxygen atoms in total. The molecule has 5 rings (SSSR count). The lowest BCUT2D eigenvalue weighted by atomic mass is 9.93. The van der Waals surface area contributed by atoms with Crippen LogP contribution in [0.1, 0.15) is 48.8 Å². The third kappa shape index (κ3) is 4.10. The van der Waals surface area contributed by atoms with Gasteiger partial charge >= 0.3 is 0 Å². The van der Waals surface area contributed by atoms with Gasteiger partial charge in [0.05, 0.1) is 27.8 Å². The van der Waals surface area contributed by atoms with Gasteiger partial charge in [-0.25, -0.2) is 0 Å². The van der Waals surface area contributed by atoms with E-state index in [0.717, 1.165) is 56.1 Å². The Hall–Kier alpha value is -1.86. The summed E-state index contributed by atoms with van der Waals surface area (Å²) in [5.41, 5.74) is 2.07. The quantitative estimate of drug-likeness (QED) is 0.530. The molecule has 0 unspecified atom stereocenters. The van der Waals surface area contributed by atoms with Gasteiger partial charge in [0.2, 0.25) is 0 Å². The van der Waals surface area contributed by atoms with Gasteiger partial charge in [0.1, 0.15) is 11.6 Å². The number of anilines is 1. The molecular formula is C23H26Cl3N5O. The average molecular weight is 495 g/mol. The highest BCUT2D eigenvalue weighted by molar-refractivity contribution is 6.38. The standard InChI is InChI=1S/C23H25Cl2N5O.ClH/c24-18-14-26-15-19(25)20(18)29-10-6-16(7-11-29)21-27-28-22(30(21)12-13-31)23(8-9-23)17-4-2-1-3-5-17;/h1-5,14-16,31H,6-13H2;1H. The van der Waals surface area contributed by atoms with E-state index in [1.54, 1.807) is 12.4 Å². The van der Waals surface area contributed by atoms with Crippen LogP contribution in [-0.4, -0.2) is 44.6 Å².